The third-order valence-corrected chi connectivity index (χ3v) is 3.56. The van der Waals surface area contributed by atoms with E-state index in [9.17, 15) is 5.11 Å². The average Bonchev–Trinajstić information content (AvgIpc) is 2.30. The van der Waals surface area contributed by atoms with Crippen LogP contribution in [0.25, 0.3) is 0 Å². The largest absolute Gasteiger partial charge is 0.388 e. The number of nitrogens with zero attached hydrogens (tertiary/aromatic N) is 1. The predicted molar refractivity (Wildman–Crippen MR) is 73.8 cm³/mol. The molecule has 0 heterocycles. The Morgan fingerprint density at radius 3 is 2.65 bits per heavy atom. The third-order valence-electron chi connectivity index (χ3n) is 2.73. The maximum atomic E-state index is 10.1. The van der Waals surface area contributed by atoms with Crippen LogP contribution in [-0.4, -0.2) is 30.1 Å². The molecule has 0 aliphatic rings. The highest BCUT2D eigenvalue weighted by Crippen LogP contribution is 2.31. The summed E-state index contributed by atoms with van der Waals surface area (Å²) in [6.07, 6.45) is 1.22. The van der Waals surface area contributed by atoms with Gasteiger partial charge in [0.1, 0.15) is 0 Å². The van der Waals surface area contributed by atoms with Crippen LogP contribution in [0.2, 0.25) is 10.0 Å². The SMILES string of the molecule is CCCN(C)CCC(O)c1cccc(Cl)c1Cl. The quantitative estimate of drug-likeness (QED) is 0.855. The lowest BCUT2D eigenvalue weighted by Crippen LogP contribution is -2.22. The lowest BCUT2D eigenvalue weighted by molar-refractivity contribution is 0.149. The van der Waals surface area contributed by atoms with Gasteiger partial charge in [0, 0.05) is 12.1 Å². The molecule has 1 aromatic rings. The molecule has 0 aromatic heterocycles. The van der Waals surface area contributed by atoms with Gasteiger partial charge in [-0.25, -0.2) is 0 Å². The molecular formula is C13H19Cl2NO. The first-order chi connectivity index (χ1) is 8.06. The van der Waals surface area contributed by atoms with E-state index in [1.165, 1.54) is 0 Å². The molecule has 0 spiro atoms. The molecule has 96 valence electrons. The summed E-state index contributed by atoms with van der Waals surface area (Å²) in [6, 6.07) is 5.35. The molecule has 4 heteroatoms. The lowest BCUT2D eigenvalue weighted by atomic mass is 10.1. The first-order valence-electron chi connectivity index (χ1n) is 5.86. The molecular weight excluding hydrogens is 257 g/mol. The molecule has 0 aliphatic heterocycles. The molecule has 0 amide bonds. The van der Waals surface area contributed by atoms with Gasteiger partial charge in [-0.15, -0.1) is 0 Å². The minimum Gasteiger partial charge on any atom is -0.388 e. The van der Waals surface area contributed by atoms with Crippen molar-refractivity contribution in [2.45, 2.75) is 25.9 Å². The number of hydrogen-bond acceptors (Lipinski definition) is 2. The van der Waals surface area contributed by atoms with Gasteiger partial charge in [0.05, 0.1) is 16.1 Å². The molecule has 0 radical (unpaired) electrons. The predicted octanol–water partition coefficient (Wildman–Crippen LogP) is 3.76. The summed E-state index contributed by atoms with van der Waals surface area (Å²) < 4.78 is 0. The van der Waals surface area contributed by atoms with Crippen molar-refractivity contribution in [2.75, 3.05) is 20.1 Å². The van der Waals surface area contributed by atoms with E-state index in [2.05, 4.69) is 18.9 Å². The van der Waals surface area contributed by atoms with E-state index in [-0.39, 0.29) is 0 Å². The van der Waals surface area contributed by atoms with Crippen LogP contribution >= 0.6 is 23.2 Å². The molecule has 1 N–H and O–H groups in total. The molecule has 1 aromatic carbocycles. The van der Waals surface area contributed by atoms with Crippen LogP contribution in [0.5, 0.6) is 0 Å². The number of hydrogen-bond donors (Lipinski definition) is 1. The minimum absolute atomic E-state index is 0.458. The van der Waals surface area contributed by atoms with Crippen LogP contribution in [0, 0.1) is 0 Å². The Kier molecular flexibility index (Phi) is 6.28. The molecule has 0 saturated heterocycles. The standard InChI is InChI=1S/C13H19Cl2NO/c1-3-8-16(2)9-7-12(17)10-5-4-6-11(14)13(10)15/h4-6,12,17H,3,7-9H2,1-2H3. The molecule has 0 bridgehead atoms. The van der Waals surface area contributed by atoms with E-state index >= 15 is 0 Å². The van der Waals surface area contributed by atoms with Gasteiger partial charge in [-0.1, -0.05) is 42.3 Å². The average molecular weight is 276 g/mol. The van der Waals surface area contributed by atoms with Gasteiger partial charge in [-0.2, -0.15) is 0 Å². The fraction of sp³-hybridized carbons (Fsp3) is 0.538. The van der Waals surface area contributed by atoms with Gasteiger partial charge in [-0.05, 0) is 32.5 Å². The third kappa shape index (κ3) is 4.47. The van der Waals surface area contributed by atoms with Crippen molar-refractivity contribution in [3.63, 3.8) is 0 Å². The van der Waals surface area contributed by atoms with Gasteiger partial charge in [0.25, 0.3) is 0 Å². The highest BCUT2D eigenvalue weighted by Gasteiger charge is 2.13. The summed E-state index contributed by atoms with van der Waals surface area (Å²) in [6.45, 7) is 4.02. The zero-order valence-electron chi connectivity index (χ0n) is 10.3. The van der Waals surface area contributed by atoms with Crippen molar-refractivity contribution in [1.29, 1.82) is 0 Å². The molecule has 0 saturated carbocycles. The Labute approximate surface area is 113 Å². The first-order valence-corrected chi connectivity index (χ1v) is 6.62. The zero-order chi connectivity index (χ0) is 12.8. The van der Waals surface area contributed by atoms with Crippen LogP contribution in [0.4, 0.5) is 0 Å². The van der Waals surface area contributed by atoms with Crippen LogP contribution in [-0.2, 0) is 0 Å². The summed E-state index contributed by atoms with van der Waals surface area (Å²) in [5, 5.41) is 11.0. The molecule has 1 rings (SSSR count). The normalized spacial score (nSPS) is 13.1. The Morgan fingerprint density at radius 2 is 2.00 bits per heavy atom. The van der Waals surface area contributed by atoms with E-state index in [4.69, 9.17) is 23.2 Å². The lowest BCUT2D eigenvalue weighted by Gasteiger charge is -2.19. The smallest absolute Gasteiger partial charge is 0.0817 e. The van der Waals surface area contributed by atoms with Gasteiger partial charge >= 0.3 is 0 Å². The highest BCUT2D eigenvalue weighted by molar-refractivity contribution is 6.42. The van der Waals surface area contributed by atoms with Crippen molar-refractivity contribution in [3.8, 4) is 0 Å². The maximum absolute atomic E-state index is 10.1. The second-order valence-electron chi connectivity index (χ2n) is 4.25. The molecule has 17 heavy (non-hydrogen) atoms. The van der Waals surface area contributed by atoms with E-state index in [1.807, 2.05) is 12.1 Å². The molecule has 1 atom stereocenters. The Hall–Kier alpha value is -0.280. The highest BCUT2D eigenvalue weighted by atomic mass is 35.5. The summed E-state index contributed by atoms with van der Waals surface area (Å²) in [5.41, 5.74) is 0.712. The molecule has 1 unspecified atom stereocenters. The number of benzene rings is 1. The van der Waals surface area contributed by atoms with Crippen LogP contribution in [0.1, 0.15) is 31.4 Å². The van der Waals surface area contributed by atoms with Crippen molar-refractivity contribution in [1.82, 2.24) is 4.90 Å². The monoisotopic (exact) mass is 275 g/mol. The fourth-order valence-corrected chi connectivity index (χ4v) is 2.20. The number of halogens is 2. The summed E-state index contributed by atoms with van der Waals surface area (Å²) >= 11 is 12.0. The topological polar surface area (TPSA) is 23.5 Å². The molecule has 0 aliphatic carbocycles. The van der Waals surface area contributed by atoms with Crippen molar-refractivity contribution in [3.05, 3.63) is 33.8 Å². The minimum atomic E-state index is -0.555. The van der Waals surface area contributed by atoms with Crippen LogP contribution < -0.4 is 0 Å². The second-order valence-corrected chi connectivity index (χ2v) is 5.04. The Balaban J connectivity index is 2.58. The van der Waals surface area contributed by atoms with Gasteiger partial charge in [0.2, 0.25) is 0 Å². The fourth-order valence-electron chi connectivity index (χ4n) is 1.77. The zero-order valence-corrected chi connectivity index (χ0v) is 11.8. The van der Waals surface area contributed by atoms with E-state index < -0.39 is 6.10 Å². The summed E-state index contributed by atoms with van der Waals surface area (Å²) in [5.74, 6) is 0. The maximum Gasteiger partial charge on any atom is 0.0817 e. The van der Waals surface area contributed by atoms with Crippen molar-refractivity contribution < 1.29 is 5.11 Å². The van der Waals surface area contributed by atoms with Crippen LogP contribution in [0.3, 0.4) is 0 Å². The summed E-state index contributed by atoms with van der Waals surface area (Å²) in [4.78, 5) is 2.20. The van der Waals surface area contributed by atoms with Gasteiger partial charge < -0.3 is 10.0 Å². The van der Waals surface area contributed by atoms with Gasteiger partial charge in [0.15, 0.2) is 0 Å². The van der Waals surface area contributed by atoms with E-state index in [0.717, 1.165) is 19.5 Å². The second kappa shape index (κ2) is 7.22. The number of rotatable bonds is 6. The van der Waals surface area contributed by atoms with E-state index in [0.29, 0.717) is 22.0 Å². The van der Waals surface area contributed by atoms with Crippen molar-refractivity contribution >= 4 is 23.2 Å². The van der Waals surface area contributed by atoms with E-state index in [1.54, 1.807) is 6.07 Å². The van der Waals surface area contributed by atoms with Crippen LogP contribution in [0.15, 0.2) is 18.2 Å². The molecule has 2 nitrogen and oxygen atoms in total. The summed E-state index contributed by atoms with van der Waals surface area (Å²) in [7, 11) is 2.05. The molecule has 0 fully saturated rings. The Morgan fingerprint density at radius 1 is 1.29 bits per heavy atom. The van der Waals surface area contributed by atoms with Crippen molar-refractivity contribution in [2.24, 2.45) is 0 Å². The van der Waals surface area contributed by atoms with Gasteiger partial charge in [-0.3, -0.25) is 0 Å². The number of aliphatic hydroxyl groups excluding tert-OH is 1. The Bertz CT molecular complexity index is 357. The number of aliphatic hydroxyl groups is 1. The first kappa shape index (κ1) is 14.8.